The second-order valence-corrected chi connectivity index (χ2v) is 22.5. The molecule has 3 atom stereocenters. The Bertz CT molecular complexity index is 1780. The number of carbonyl (C=O) groups is 2. The average Bonchev–Trinajstić information content (AvgIpc) is 3.39. The molecule has 0 aromatic carbocycles. The van der Waals surface area contributed by atoms with Crippen molar-refractivity contribution in [2.24, 2.45) is 0 Å². The number of rotatable bonds is 53. The predicted octanol–water partition coefficient (Wildman–Crippen LogP) is 18.3. The summed E-state index contributed by atoms with van der Waals surface area (Å²) in [5, 5.41) is 3.00. The lowest BCUT2D eigenvalue weighted by atomic mass is 10.1. The van der Waals surface area contributed by atoms with Gasteiger partial charge in [0.2, 0.25) is 5.91 Å². The molecule has 1 N–H and O–H groups in total. The fourth-order valence-electron chi connectivity index (χ4n) is 7.93. The number of quaternary nitrogens is 1. The minimum atomic E-state index is -4.72. The van der Waals surface area contributed by atoms with Gasteiger partial charge in [-0.3, -0.25) is 14.2 Å². The van der Waals surface area contributed by atoms with Crippen molar-refractivity contribution in [2.45, 2.75) is 238 Å². The van der Waals surface area contributed by atoms with E-state index in [0.29, 0.717) is 23.9 Å². The highest BCUT2D eigenvalue weighted by atomic mass is 31.2. The zero-order valence-electron chi connectivity index (χ0n) is 49.9. The maximum Gasteiger partial charge on any atom is 0.306 e. The van der Waals surface area contributed by atoms with E-state index < -0.39 is 26.6 Å². The molecule has 0 rings (SSSR count). The molecule has 0 aliphatic rings. The molecule has 0 fully saturated rings. The molecule has 0 spiro atoms. The van der Waals surface area contributed by atoms with Gasteiger partial charge < -0.3 is 28.5 Å². The van der Waals surface area contributed by atoms with Crippen LogP contribution in [0.2, 0.25) is 0 Å². The van der Waals surface area contributed by atoms with E-state index in [1.165, 1.54) is 44.9 Å². The number of phosphoric acid groups is 1. The van der Waals surface area contributed by atoms with E-state index in [0.717, 1.165) is 135 Å². The molecule has 77 heavy (non-hydrogen) atoms. The van der Waals surface area contributed by atoms with E-state index in [4.69, 9.17) is 13.8 Å². The minimum absolute atomic E-state index is 0.0403. The number of hydrogen-bond donors (Lipinski definition) is 1. The fourth-order valence-corrected chi connectivity index (χ4v) is 8.65. The summed E-state index contributed by atoms with van der Waals surface area (Å²) < 4.78 is 30.2. The van der Waals surface area contributed by atoms with Gasteiger partial charge in [-0.1, -0.05) is 225 Å². The Hall–Kier alpha value is -3.85. The molecular weight excluding hydrogens is 976 g/mol. The number of esters is 1. The van der Waals surface area contributed by atoms with Crippen molar-refractivity contribution < 1.29 is 37.3 Å². The molecule has 0 saturated heterocycles. The fraction of sp³-hybridized carbons (Fsp3) is 0.642. The van der Waals surface area contributed by atoms with Gasteiger partial charge in [-0.25, -0.2) is 0 Å². The normalized spacial score (nSPS) is 14.6. The summed E-state index contributed by atoms with van der Waals surface area (Å²) in [5.41, 5.74) is 0. The van der Waals surface area contributed by atoms with Crippen LogP contribution in [0, 0.1) is 0 Å². The predicted molar refractivity (Wildman–Crippen MR) is 330 cm³/mol. The zero-order chi connectivity index (χ0) is 56.4. The monoisotopic (exact) mass is 1090 g/mol. The van der Waals surface area contributed by atoms with Gasteiger partial charge >= 0.3 is 5.97 Å². The lowest BCUT2D eigenvalue weighted by Gasteiger charge is -2.30. The lowest BCUT2D eigenvalue weighted by molar-refractivity contribution is -0.870. The van der Waals surface area contributed by atoms with E-state index in [-0.39, 0.29) is 31.3 Å². The minimum Gasteiger partial charge on any atom is -0.756 e. The molecule has 0 bridgehead atoms. The number of carbonyl (C=O) groups excluding carboxylic acids is 2. The third-order valence-electron chi connectivity index (χ3n) is 12.6. The van der Waals surface area contributed by atoms with E-state index >= 15 is 0 Å². The number of nitrogens with zero attached hydrogens (tertiary/aromatic N) is 1. The quantitative estimate of drug-likeness (QED) is 0.0212. The van der Waals surface area contributed by atoms with Gasteiger partial charge in [0.25, 0.3) is 7.82 Å². The summed E-state index contributed by atoms with van der Waals surface area (Å²) in [6, 6.07) is -0.924. The van der Waals surface area contributed by atoms with Gasteiger partial charge in [0.05, 0.1) is 33.8 Å². The Morgan fingerprint density at radius 3 is 1.26 bits per heavy atom. The largest absolute Gasteiger partial charge is 0.756 e. The molecule has 0 radical (unpaired) electrons. The van der Waals surface area contributed by atoms with Gasteiger partial charge in [-0.2, -0.15) is 0 Å². The van der Waals surface area contributed by atoms with Gasteiger partial charge in [0.15, 0.2) is 0 Å². The smallest absolute Gasteiger partial charge is 0.306 e. The Labute approximate surface area is 473 Å². The zero-order valence-corrected chi connectivity index (χ0v) is 50.8. The van der Waals surface area contributed by atoms with Crippen LogP contribution in [-0.2, 0) is 27.9 Å². The summed E-state index contributed by atoms with van der Waals surface area (Å²) in [5.74, 6) is -0.613. The lowest BCUT2D eigenvalue weighted by Crippen LogP contribution is -2.47. The second kappa shape index (κ2) is 55.5. The SMILES string of the molecule is CC/C=C\C/C=C\C/C=C\C/C=C\C/C=C\CCCCCCCC(=O)OC(/C=C/CCCCCCCCCCC)C(COP(=O)([O-])OCC[N+](C)(C)C)NC(=O)CCCCC/C=C\C/C=C\C/C=C\C/C=C\C/C=C\CC. The summed E-state index contributed by atoms with van der Waals surface area (Å²) in [6.45, 7) is 6.54. The van der Waals surface area contributed by atoms with Gasteiger partial charge in [-0.05, 0) is 122 Å². The highest BCUT2D eigenvalue weighted by molar-refractivity contribution is 7.45. The van der Waals surface area contributed by atoms with E-state index in [2.05, 4.69) is 148 Å². The summed E-state index contributed by atoms with van der Waals surface area (Å²) in [7, 11) is 1.13. The van der Waals surface area contributed by atoms with Crippen molar-refractivity contribution in [1.82, 2.24) is 5.32 Å². The second-order valence-electron chi connectivity index (χ2n) is 21.1. The molecule has 0 saturated carbocycles. The maximum absolute atomic E-state index is 13.5. The third kappa shape index (κ3) is 56.7. The van der Waals surface area contributed by atoms with Gasteiger partial charge in [0, 0.05) is 12.8 Å². The topological polar surface area (TPSA) is 114 Å². The Morgan fingerprint density at radius 1 is 0.468 bits per heavy atom. The summed E-state index contributed by atoms with van der Waals surface area (Å²) >= 11 is 0. The van der Waals surface area contributed by atoms with Crippen LogP contribution in [0.4, 0.5) is 0 Å². The van der Waals surface area contributed by atoms with E-state index in [1.807, 2.05) is 33.3 Å². The molecule has 10 heteroatoms. The molecule has 3 unspecified atom stereocenters. The molecule has 0 aromatic rings. The Balaban J connectivity index is 5.35. The first-order valence-corrected chi connectivity index (χ1v) is 32.0. The van der Waals surface area contributed by atoms with Crippen LogP contribution in [0.5, 0.6) is 0 Å². The number of ether oxygens (including phenoxy) is 1. The van der Waals surface area contributed by atoms with Crippen LogP contribution >= 0.6 is 7.82 Å². The first-order chi connectivity index (χ1) is 37.4. The number of likely N-dealkylation sites (N-methyl/N-ethyl adjacent to an activating group) is 1. The van der Waals surface area contributed by atoms with Crippen LogP contribution < -0.4 is 10.2 Å². The van der Waals surface area contributed by atoms with Crippen molar-refractivity contribution in [3.63, 3.8) is 0 Å². The standard InChI is InChI=1S/C67H113N2O7P/c1-7-10-13-16-19-22-25-27-29-31-33-34-36-38-40-42-45-48-51-54-57-60-67(71)76-65(58-55-52-49-46-43-24-21-18-15-12-9-3)64(63-75-77(72,73)74-62-61-69(4,5)6)68-66(70)59-56-53-50-47-44-41-39-37-35-32-30-28-26-23-20-17-14-11-8-2/h10-11,13-14,19-20,22-23,27-30,33-35,37-38,40-41,44,55,58,64-65H,7-9,12,15-18,21,24-26,31-32,36,39,42-43,45-54,56-57,59-63H2,1-6H3,(H-,68,70,72,73)/b13-10-,14-11-,22-19-,23-20-,29-27-,30-28-,34-33-,37-35-,40-38-,44-41-,58-55+. The van der Waals surface area contributed by atoms with Crippen LogP contribution in [0.25, 0.3) is 0 Å². The van der Waals surface area contributed by atoms with Crippen molar-refractivity contribution in [3.05, 3.63) is 134 Å². The molecule has 0 aliphatic carbocycles. The molecule has 438 valence electrons. The number of amides is 1. The van der Waals surface area contributed by atoms with E-state index in [9.17, 15) is 19.0 Å². The third-order valence-corrected chi connectivity index (χ3v) is 13.5. The number of hydrogen-bond acceptors (Lipinski definition) is 7. The Kier molecular flexibility index (Phi) is 52.7. The van der Waals surface area contributed by atoms with Crippen LogP contribution in [-0.4, -0.2) is 69.4 Å². The molecular formula is C67H113N2O7P. The number of unbranched alkanes of at least 4 members (excludes halogenated alkanes) is 17. The molecule has 0 aromatic heterocycles. The van der Waals surface area contributed by atoms with Gasteiger partial charge in [0.1, 0.15) is 19.3 Å². The maximum atomic E-state index is 13.5. The molecule has 0 aliphatic heterocycles. The van der Waals surface area contributed by atoms with Gasteiger partial charge in [-0.15, -0.1) is 0 Å². The average molecular weight is 1090 g/mol. The Morgan fingerprint density at radius 2 is 0.831 bits per heavy atom. The number of nitrogens with one attached hydrogen (secondary N) is 1. The van der Waals surface area contributed by atoms with Crippen molar-refractivity contribution in [2.75, 3.05) is 40.9 Å². The van der Waals surface area contributed by atoms with Crippen molar-refractivity contribution >= 4 is 19.7 Å². The molecule has 1 amide bonds. The summed E-state index contributed by atoms with van der Waals surface area (Å²) in [6.07, 6.45) is 78.5. The van der Waals surface area contributed by atoms with E-state index in [1.54, 1.807) is 0 Å². The van der Waals surface area contributed by atoms with Crippen LogP contribution in [0.1, 0.15) is 226 Å². The number of phosphoric ester groups is 1. The van der Waals surface area contributed by atoms with Crippen LogP contribution in [0.15, 0.2) is 134 Å². The highest BCUT2D eigenvalue weighted by Crippen LogP contribution is 2.38. The van der Waals surface area contributed by atoms with Crippen molar-refractivity contribution in [3.8, 4) is 0 Å². The number of allylic oxidation sites excluding steroid dienone is 21. The summed E-state index contributed by atoms with van der Waals surface area (Å²) in [4.78, 5) is 40.0. The van der Waals surface area contributed by atoms with Crippen LogP contribution in [0.3, 0.4) is 0 Å². The first-order valence-electron chi connectivity index (χ1n) is 30.5. The van der Waals surface area contributed by atoms with Crippen molar-refractivity contribution in [1.29, 1.82) is 0 Å². The molecule has 0 heterocycles. The highest BCUT2D eigenvalue weighted by Gasteiger charge is 2.27. The molecule has 9 nitrogen and oxygen atoms in total. The first kappa shape index (κ1) is 73.2.